The van der Waals surface area contributed by atoms with Gasteiger partial charge in [-0.05, 0) is 31.0 Å². The Morgan fingerprint density at radius 1 is 1.33 bits per heavy atom. The first-order valence-corrected chi connectivity index (χ1v) is 5.25. The van der Waals surface area contributed by atoms with Crippen LogP contribution in [0.2, 0.25) is 0 Å². The molecule has 84 valence electrons. The molecule has 2 nitrogen and oxygen atoms in total. The van der Waals surface area contributed by atoms with Crippen LogP contribution >= 0.6 is 0 Å². The van der Waals surface area contributed by atoms with Crippen molar-refractivity contribution < 1.29 is 9.50 Å². The van der Waals surface area contributed by atoms with E-state index in [2.05, 4.69) is 5.32 Å². The van der Waals surface area contributed by atoms with E-state index >= 15 is 0 Å². The van der Waals surface area contributed by atoms with Crippen molar-refractivity contribution in [2.75, 3.05) is 20.3 Å². The maximum Gasteiger partial charge on any atom is 0.0914 e. The van der Waals surface area contributed by atoms with Crippen LogP contribution in [0.5, 0.6) is 0 Å². The van der Waals surface area contributed by atoms with Crippen LogP contribution in [0.3, 0.4) is 0 Å². The third kappa shape index (κ3) is 3.98. The Morgan fingerprint density at radius 3 is 2.53 bits per heavy atom. The molecule has 3 heteroatoms. The lowest BCUT2D eigenvalue weighted by Crippen LogP contribution is -2.16. The number of likely N-dealkylation sites (N-methyl/N-ethyl adjacent to an activating group) is 1. The molecule has 1 aromatic carbocycles. The van der Waals surface area contributed by atoms with Crippen LogP contribution in [0.1, 0.15) is 23.7 Å². The number of alkyl halides is 1. The summed E-state index contributed by atoms with van der Waals surface area (Å²) in [5, 5.41) is 12.6. The van der Waals surface area contributed by atoms with Crippen molar-refractivity contribution in [1.82, 2.24) is 5.32 Å². The molecule has 1 atom stereocenters. The van der Waals surface area contributed by atoms with Crippen LogP contribution in [0, 0.1) is 0 Å². The van der Waals surface area contributed by atoms with Crippen LogP contribution in [0.15, 0.2) is 24.3 Å². The van der Waals surface area contributed by atoms with E-state index in [4.69, 9.17) is 0 Å². The van der Waals surface area contributed by atoms with E-state index in [1.165, 1.54) is 0 Å². The SMILES string of the molecule is CNCC(O)c1ccc(CCCF)cc1. The number of aliphatic hydroxyl groups is 1. The van der Waals surface area contributed by atoms with E-state index < -0.39 is 6.10 Å². The molecule has 0 saturated carbocycles. The molecule has 0 aliphatic heterocycles. The number of nitrogens with one attached hydrogen (secondary N) is 1. The van der Waals surface area contributed by atoms with E-state index in [-0.39, 0.29) is 6.67 Å². The second kappa shape index (κ2) is 6.53. The first-order chi connectivity index (χ1) is 7.27. The zero-order valence-electron chi connectivity index (χ0n) is 9.04. The van der Waals surface area contributed by atoms with E-state index in [9.17, 15) is 9.50 Å². The molecule has 0 aromatic heterocycles. The summed E-state index contributed by atoms with van der Waals surface area (Å²) in [6.45, 7) is 0.272. The van der Waals surface area contributed by atoms with Gasteiger partial charge in [0.05, 0.1) is 12.8 Å². The first-order valence-electron chi connectivity index (χ1n) is 5.25. The molecule has 0 saturated heterocycles. The zero-order chi connectivity index (χ0) is 11.1. The van der Waals surface area contributed by atoms with Gasteiger partial charge in [-0.2, -0.15) is 0 Å². The number of benzene rings is 1. The molecule has 1 rings (SSSR count). The van der Waals surface area contributed by atoms with E-state index in [0.29, 0.717) is 13.0 Å². The highest BCUT2D eigenvalue weighted by molar-refractivity contribution is 5.24. The fourth-order valence-electron chi connectivity index (χ4n) is 1.49. The molecule has 0 heterocycles. The predicted octanol–water partition coefficient (Wildman–Crippen LogP) is 1.84. The molecule has 0 radical (unpaired) electrons. The van der Waals surface area contributed by atoms with Crippen molar-refractivity contribution in [3.63, 3.8) is 0 Å². The Labute approximate surface area is 90.1 Å². The van der Waals surface area contributed by atoms with Crippen molar-refractivity contribution in [2.24, 2.45) is 0 Å². The number of aryl methyl sites for hydroxylation is 1. The largest absolute Gasteiger partial charge is 0.387 e. The van der Waals surface area contributed by atoms with Gasteiger partial charge in [0.25, 0.3) is 0 Å². The lowest BCUT2D eigenvalue weighted by Gasteiger charge is -2.10. The Bertz CT molecular complexity index is 273. The predicted molar refractivity (Wildman–Crippen MR) is 59.6 cm³/mol. The smallest absolute Gasteiger partial charge is 0.0914 e. The molecule has 15 heavy (non-hydrogen) atoms. The molecule has 0 bridgehead atoms. The standard InChI is InChI=1S/C12H18FNO/c1-14-9-12(15)11-6-4-10(5-7-11)3-2-8-13/h4-7,12,14-15H,2-3,8-9H2,1H3. The van der Waals surface area contributed by atoms with Gasteiger partial charge in [-0.1, -0.05) is 24.3 Å². The van der Waals surface area contributed by atoms with Gasteiger partial charge < -0.3 is 10.4 Å². The maximum absolute atomic E-state index is 11.9. The normalized spacial score (nSPS) is 12.7. The number of hydrogen-bond donors (Lipinski definition) is 2. The minimum atomic E-state index is -0.467. The van der Waals surface area contributed by atoms with Gasteiger partial charge in [0.15, 0.2) is 0 Å². The highest BCUT2D eigenvalue weighted by Crippen LogP contribution is 2.13. The Hall–Kier alpha value is -0.930. The second-order valence-electron chi connectivity index (χ2n) is 3.61. The third-order valence-corrected chi connectivity index (χ3v) is 2.36. The Kier molecular flexibility index (Phi) is 5.29. The first kappa shape index (κ1) is 12.1. The van der Waals surface area contributed by atoms with Gasteiger partial charge in [0, 0.05) is 6.54 Å². The van der Waals surface area contributed by atoms with E-state index in [1.807, 2.05) is 24.3 Å². The molecule has 1 unspecified atom stereocenters. The highest BCUT2D eigenvalue weighted by atomic mass is 19.1. The minimum absolute atomic E-state index is 0.274. The number of halogens is 1. The molecule has 0 amide bonds. The van der Waals surface area contributed by atoms with Crippen LogP contribution in [0.4, 0.5) is 4.39 Å². The molecule has 0 spiro atoms. The Morgan fingerprint density at radius 2 is 2.00 bits per heavy atom. The lowest BCUT2D eigenvalue weighted by molar-refractivity contribution is 0.178. The van der Waals surface area contributed by atoms with Gasteiger partial charge in [-0.3, -0.25) is 4.39 Å². The third-order valence-electron chi connectivity index (χ3n) is 2.36. The van der Waals surface area contributed by atoms with Crippen molar-refractivity contribution in [3.05, 3.63) is 35.4 Å². The monoisotopic (exact) mass is 211 g/mol. The van der Waals surface area contributed by atoms with E-state index in [0.717, 1.165) is 17.5 Å². The summed E-state index contributed by atoms with van der Waals surface area (Å²) in [4.78, 5) is 0. The molecule has 0 aliphatic carbocycles. The summed E-state index contributed by atoms with van der Waals surface area (Å²) in [6, 6.07) is 7.69. The summed E-state index contributed by atoms with van der Waals surface area (Å²) in [7, 11) is 1.80. The highest BCUT2D eigenvalue weighted by Gasteiger charge is 2.05. The molecule has 0 fully saturated rings. The topological polar surface area (TPSA) is 32.3 Å². The summed E-state index contributed by atoms with van der Waals surface area (Å²) >= 11 is 0. The van der Waals surface area contributed by atoms with Crippen molar-refractivity contribution >= 4 is 0 Å². The van der Waals surface area contributed by atoms with Crippen molar-refractivity contribution in [3.8, 4) is 0 Å². The fourth-order valence-corrected chi connectivity index (χ4v) is 1.49. The molecular weight excluding hydrogens is 193 g/mol. The van der Waals surface area contributed by atoms with Crippen molar-refractivity contribution in [1.29, 1.82) is 0 Å². The average molecular weight is 211 g/mol. The van der Waals surface area contributed by atoms with Gasteiger partial charge >= 0.3 is 0 Å². The molecule has 1 aromatic rings. The summed E-state index contributed by atoms with van der Waals surface area (Å²) < 4.78 is 11.9. The summed E-state index contributed by atoms with van der Waals surface area (Å²) in [5.41, 5.74) is 2.02. The average Bonchev–Trinajstić information content (AvgIpc) is 2.27. The molecular formula is C12H18FNO. The number of hydrogen-bond acceptors (Lipinski definition) is 2. The Balaban J connectivity index is 2.55. The molecule has 2 N–H and O–H groups in total. The number of aliphatic hydroxyl groups excluding tert-OH is 1. The van der Waals surface area contributed by atoms with Gasteiger partial charge in [-0.15, -0.1) is 0 Å². The maximum atomic E-state index is 11.9. The van der Waals surface area contributed by atoms with Gasteiger partial charge in [0.1, 0.15) is 0 Å². The summed E-state index contributed by atoms with van der Waals surface area (Å²) in [5.74, 6) is 0. The summed E-state index contributed by atoms with van der Waals surface area (Å²) in [6.07, 6.45) is 0.863. The van der Waals surface area contributed by atoms with Crippen LogP contribution in [-0.2, 0) is 6.42 Å². The molecule has 0 aliphatic rings. The van der Waals surface area contributed by atoms with Gasteiger partial charge in [0.2, 0.25) is 0 Å². The fraction of sp³-hybridized carbons (Fsp3) is 0.500. The van der Waals surface area contributed by atoms with Crippen molar-refractivity contribution in [2.45, 2.75) is 18.9 Å². The van der Waals surface area contributed by atoms with Crippen LogP contribution < -0.4 is 5.32 Å². The van der Waals surface area contributed by atoms with Crippen LogP contribution in [0.25, 0.3) is 0 Å². The van der Waals surface area contributed by atoms with Gasteiger partial charge in [-0.25, -0.2) is 0 Å². The van der Waals surface area contributed by atoms with E-state index in [1.54, 1.807) is 7.05 Å². The minimum Gasteiger partial charge on any atom is -0.387 e. The quantitative estimate of drug-likeness (QED) is 0.752. The zero-order valence-corrected chi connectivity index (χ0v) is 9.04. The number of rotatable bonds is 6. The second-order valence-corrected chi connectivity index (χ2v) is 3.61. The lowest BCUT2D eigenvalue weighted by atomic mass is 10.0. The van der Waals surface area contributed by atoms with Crippen LogP contribution in [-0.4, -0.2) is 25.4 Å².